The summed E-state index contributed by atoms with van der Waals surface area (Å²) in [7, 11) is 0. The molecule has 0 atom stereocenters. The molecule has 0 aliphatic heterocycles. The Bertz CT molecular complexity index is 570. The zero-order valence-electron chi connectivity index (χ0n) is 13.5. The van der Waals surface area contributed by atoms with Crippen LogP contribution in [0.1, 0.15) is 18.2 Å². The van der Waals surface area contributed by atoms with Crippen molar-refractivity contribution in [2.45, 2.75) is 24.8 Å². The summed E-state index contributed by atoms with van der Waals surface area (Å²) < 4.78 is 5.32. The van der Waals surface area contributed by atoms with E-state index in [0.29, 0.717) is 6.54 Å². The minimum atomic E-state index is 0. The molecule has 2 aromatic rings. The van der Waals surface area contributed by atoms with Gasteiger partial charge in [-0.3, -0.25) is 0 Å². The quantitative estimate of drug-likeness (QED) is 0.294. The fourth-order valence-corrected chi connectivity index (χ4v) is 2.41. The Labute approximate surface area is 159 Å². The predicted octanol–water partition coefficient (Wildman–Crippen LogP) is 3.92. The van der Waals surface area contributed by atoms with E-state index >= 15 is 0 Å². The number of halogens is 1. The molecule has 2 rings (SSSR count). The Morgan fingerprint density at radius 1 is 1.17 bits per heavy atom. The van der Waals surface area contributed by atoms with Gasteiger partial charge in [-0.05, 0) is 43.0 Å². The SMILES string of the molecule is CCNC(=NCc1ccc(SC)cc1)NCCc1ccco1.I. The molecule has 23 heavy (non-hydrogen) atoms. The number of guanidine groups is 1. The fraction of sp³-hybridized carbons (Fsp3) is 0.353. The van der Waals surface area contributed by atoms with Crippen LogP contribution in [0.2, 0.25) is 0 Å². The first kappa shape index (κ1) is 19.9. The van der Waals surface area contributed by atoms with Crippen LogP contribution in [-0.2, 0) is 13.0 Å². The third-order valence-electron chi connectivity index (χ3n) is 3.17. The molecule has 126 valence electrons. The molecule has 0 saturated carbocycles. The molecule has 0 aliphatic carbocycles. The summed E-state index contributed by atoms with van der Waals surface area (Å²) in [5.41, 5.74) is 1.21. The van der Waals surface area contributed by atoms with E-state index in [2.05, 4.69) is 53.1 Å². The van der Waals surface area contributed by atoms with Crippen molar-refractivity contribution in [1.29, 1.82) is 0 Å². The Morgan fingerprint density at radius 3 is 2.57 bits per heavy atom. The zero-order valence-corrected chi connectivity index (χ0v) is 16.7. The average molecular weight is 445 g/mol. The van der Waals surface area contributed by atoms with E-state index in [0.717, 1.165) is 31.2 Å². The van der Waals surface area contributed by atoms with Crippen LogP contribution in [0.5, 0.6) is 0 Å². The molecular formula is C17H24IN3OS. The van der Waals surface area contributed by atoms with Gasteiger partial charge in [0.1, 0.15) is 5.76 Å². The third-order valence-corrected chi connectivity index (χ3v) is 3.91. The van der Waals surface area contributed by atoms with Crippen LogP contribution in [0.15, 0.2) is 57.0 Å². The predicted molar refractivity (Wildman–Crippen MR) is 109 cm³/mol. The van der Waals surface area contributed by atoms with Crippen molar-refractivity contribution in [2.75, 3.05) is 19.3 Å². The van der Waals surface area contributed by atoms with Crippen molar-refractivity contribution in [3.05, 3.63) is 54.0 Å². The van der Waals surface area contributed by atoms with Crippen molar-refractivity contribution >= 4 is 41.7 Å². The highest BCUT2D eigenvalue weighted by atomic mass is 127. The molecule has 6 heteroatoms. The van der Waals surface area contributed by atoms with Crippen molar-refractivity contribution in [1.82, 2.24) is 10.6 Å². The number of aliphatic imine (C=N–C) groups is 1. The molecule has 1 heterocycles. The van der Waals surface area contributed by atoms with Gasteiger partial charge in [0.05, 0.1) is 12.8 Å². The molecule has 0 saturated heterocycles. The number of hydrogen-bond acceptors (Lipinski definition) is 3. The second-order valence-corrected chi connectivity index (χ2v) is 5.68. The van der Waals surface area contributed by atoms with Crippen molar-refractivity contribution in [3.63, 3.8) is 0 Å². The van der Waals surface area contributed by atoms with Crippen molar-refractivity contribution in [2.24, 2.45) is 4.99 Å². The number of nitrogens with zero attached hydrogens (tertiary/aromatic N) is 1. The minimum absolute atomic E-state index is 0. The summed E-state index contributed by atoms with van der Waals surface area (Å²) in [6.07, 6.45) is 4.63. The zero-order chi connectivity index (χ0) is 15.6. The highest BCUT2D eigenvalue weighted by Gasteiger charge is 2.00. The summed E-state index contributed by atoms with van der Waals surface area (Å²) in [6.45, 7) is 4.38. The summed E-state index contributed by atoms with van der Waals surface area (Å²) in [6, 6.07) is 12.4. The van der Waals surface area contributed by atoms with Gasteiger partial charge in [0.25, 0.3) is 0 Å². The van der Waals surface area contributed by atoms with E-state index in [4.69, 9.17) is 4.42 Å². The maximum atomic E-state index is 5.32. The molecule has 0 fully saturated rings. The van der Waals surface area contributed by atoms with Gasteiger partial charge in [0.2, 0.25) is 0 Å². The highest BCUT2D eigenvalue weighted by molar-refractivity contribution is 14.0. The molecule has 0 bridgehead atoms. The molecule has 1 aromatic heterocycles. The van der Waals surface area contributed by atoms with Gasteiger partial charge in [-0.25, -0.2) is 4.99 Å². The Hall–Kier alpha value is -1.15. The maximum Gasteiger partial charge on any atom is 0.191 e. The van der Waals surface area contributed by atoms with E-state index < -0.39 is 0 Å². The van der Waals surface area contributed by atoms with Crippen LogP contribution in [0, 0.1) is 0 Å². The number of benzene rings is 1. The van der Waals surface area contributed by atoms with Crippen LogP contribution >= 0.6 is 35.7 Å². The van der Waals surface area contributed by atoms with Gasteiger partial charge in [0.15, 0.2) is 5.96 Å². The minimum Gasteiger partial charge on any atom is -0.469 e. The monoisotopic (exact) mass is 445 g/mol. The first-order valence-electron chi connectivity index (χ1n) is 7.49. The smallest absolute Gasteiger partial charge is 0.191 e. The Kier molecular flexibility index (Phi) is 9.86. The highest BCUT2D eigenvalue weighted by Crippen LogP contribution is 2.15. The third kappa shape index (κ3) is 7.30. The van der Waals surface area contributed by atoms with Gasteiger partial charge < -0.3 is 15.1 Å². The lowest BCUT2D eigenvalue weighted by Crippen LogP contribution is -2.38. The summed E-state index contributed by atoms with van der Waals surface area (Å²) >= 11 is 1.75. The van der Waals surface area contributed by atoms with Crippen molar-refractivity contribution < 1.29 is 4.42 Å². The van der Waals surface area contributed by atoms with Crippen LogP contribution in [0.4, 0.5) is 0 Å². The fourth-order valence-electron chi connectivity index (χ4n) is 2.00. The molecule has 2 N–H and O–H groups in total. The lowest BCUT2D eigenvalue weighted by Gasteiger charge is -2.10. The number of nitrogens with one attached hydrogen (secondary N) is 2. The summed E-state index contributed by atoms with van der Waals surface area (Å²) in [4.78, 5) is 5.89. The number of rotatable bonds is 7. The molecule has 0 amide bonds. The number of hydrogen-bond donors (Lipinski definition) is 2. The summed E-state index contributed by atoms with van der Waals surface area (Å²) in [5.74, 6) is 1.82. The Morgan fingerprint density at radius 2 is 1.96 bits per heavy atom. The standard InChI is InChI=1S/C17H23N3OS.HI/c1-3-18-17(19-11-10-15-5-4-12-21-15)20-13-14-6-8-16(22-2)9-7-14;/h4-9,12H,3,10-11,13H2,1-2H3,(H2,18,19,20);1H. The van der Waals surface area contributed by atoms with Crippen molar-refractivity contribution in [3.8, 4) is 0 Å². The first-order chi connectivity index (χ1) is 10.8. The van der Waals surface area contributed by atoms with Crippen LogP contribution in [0.25, 0.3) is 0 Å². The Balaban J connectivity index is 0.00000264. The molecule has 1 aromatic carbocycles. The van der Waals surface area contributed by atoms with E-state index in [1.54, 1.807) is 18.0 Å². The van der Waals surface area contributed by atoms with Gasteiger partial charge >= 0.3 is 0 Å². The van der Waals surface area contributed by atoms with E-state index in [1.165, 1.54) is 10.5 Å². The molecule has 0 spiro atoms. The van der Waals surface area contributed by atoms with Gasteiger partial charge in [0, 0.05) is 24.4 Å². The summed E-state index contributed by atoms with van der Waals surface area (Å²) in [5, 5.41) is 6.59. The van der Waals surface area contributed by atoms with Crippen LogP contribution in [-0.4, -0.2) is 25.3 Å². The average Bonchev–Trinajstić information content (AvgIpc) is 3.06. The number of furan rings is 1. The lowest BCUT2D eigenvalue weighted by molar-refractivity contribution is 0.507. The second-order valence-electron chi connectivity index (χ2n) is 4.80. The second kappa shape index (κ2) is 11.4. The van der Waals surface area contributed by atoms with Gasteiger partial charge in [-0.2, -0.15) is 0 Å². The topological polar surface area (TPSA) is 49.6 Å². The normalized spacial score (nSPS) is 11.0. The molecule has 0 aliphatic rings. The van der Waals surface area contributed by atoms with Gasteiger partial charge in [-0.15, -0.1) is 35.7 Å². The molecule has 0 unspecified atom stereocenters. The van der Waals surface area contributed by atoms with Crippen LogP contribution in [0.3, 0.4) is 0 Å². The largest absolute Gasteiger partial charge is 0.469 e. The van der Waals surface area contributed by atoms with E-state index in [1.807, 2.05) is 12.1 Å². The molecule has 4 nitrogen and oxygen atoms in total. The van der Waals surface area contributed by atoms with E-state index in [9.17, 15) is 0 Å². The van der Waals surface area contributed by atoms with Gasteiger partial charge in [-0.1, -0.05) is 12.1 Å². The molecule has 0 radical (unpaired) electrons. The van der Waals surface area contributed by atoms with E-state index in [-0.39, 0.29) is 24.0 Å². The maximum absolute atomic E-state index is 5.32. The lowest BCUT2D eigenvalue weighted by atomic mass is 10.2. The number of thioether (sulfide) groups is 1. The van der Waals surface area contributed by atoms with Crippen LogP contribution < -0.4 is 10.6 Å². The molecular weight excluding hydrogens is 421 g/mol. The first-order valence-corrected chi connectivity index (χ1v) is 8.71.